The third-order valence-corrected chi connectivity index (χ3v) is 5.85. The first-order valence-corrected chi connectivity index (χ1v) is 9.86. The topological polar surface area (TPSA) is 131 Å². The molecule has 0 unspecified atom stereocenters. The molecule has 4 aromatic rings. The number of H-pyrrole nitrogens is 1. The minimum absolute atomic E-state index is 0.00227. The second-order valence-electron chi connectivity index (χ2n) is 5.30. The first kappa shape index (κ1) is 16.7. The molecule has 0 aliphatic heterocycles. The number of sulfonamides is 1. The van der Waals surface area contributed by atoms with Crippen LogP contribution in [0.1, 0.15) is 5.89 Å². The van der Waals surface area contributed by atoms with E-state index in [1.165, 1.54) is 29.5 Å². The largest absolute Gasteiger partial charge is 0.420 e. The Kier molecular flexibility index (Phi) is 4.18. The van der Waals surface area contributed by atoms with Crippen molar-refractivity contribution in [3.63, 3.8) is 0 Å². The van der Waals surface area contributed by atoms with Gasteiger partial charge in [-0.2, -0.15) is 0 Å². The van der Waals surface area contributed by atoms with E-state index in [0.29, 0.717) is 17.3 Å². The van der Waals surface area contributed by atoms with E-state index < -0.39 is 15.8 Å². The summed E-state index contributed by atoms with van der Waals surface area (Å²) >= 11 is 1.48. The van der Waals surface area contributed by atoms with Crippen LogP contribution in [0.15, 0.2) is 54.2 Å². The Labute approximate surface area is 150 Å². The van der Waals surface area contributed by atoms with E-state index in [2.05, 4.69) is 19.9 Å². The molecule has 0 bridgehead atoms. The maximum Gasteiger partial charge on any atom is 0.417 e. The fourth-order valence-corrected chi connectivity index (χ4v) is 4.01. The first-order valence-electron chi connectivity index (χ1n) is 7.50. The predicted octanol–water partition coefficient (Wildman–Crippen LogP) is 1.75. The van der Waals surface area contributed by atoms with Crippen LogP contribution in [0.4, 0.5) is 0 Å². The monoisotopic (exact) mass is 392 g/mol. The highest BCUT2D eigenvalue weighted by Gasteiger charge is 2.16. The summed E-state index contributed by atoms with van der Waals surface area (Å²) in [5.74, 6) is 0.106. The zero-order valence-corrected chi connectivity index (χ0v) is 14.8. The number of nitrogens with zero attached hydrogens (tertiary/aromatic N) is 2. The van der Waals surface area contributed by atoms with Gasteiger partial charge in [-0.15, -0.1) is 21.5 Å². The molecule has 0 saturated carbocycles. The Hall–Kier alpha value is -2.76. The van der Waals surface area contributed by atoms with Crippen LogP contribution in [0.25, 0.3) is 21.9 Å². The van der Waals surface area contributed by atoms with E-state index in [1.807, 2.05) is 17.5 Å². The minimum atomic E-state index is -3.76. The molecule has 9 nitrogen and oxygen atoms in total. The predicted molar refractivity (Wildman–Crippen MR) is 93.3 cm³/mol. The van der Waals surface area contributed by atoms with E-state index in [1.54, 1.807) is 0 Å². The lowest BCUT2D eigenvalue weighted by atomic mass is 10.3. The molecule has 134 valence electrons. The quantitative estimate of drug-likeness (QED) is 0.511. The molecule has 4 rings (SSSR count). The van der Waals surface area contributed by atoms with Crippen LogP contribution in [-0.4, -0.2) is 30.1 Å². The van der Waals surface area contributed by atoms with Gasteiger partial charge < -0.3 is 8.83 Å². The molecule has 0 atom stereocenters. The highest BCUT2D eigenvalue weighted by molar-refractivity contribution is 7.89. The SMILES string of the molecule is O=c1[nH]c2ccc(S(=O)(=O)NCCc3nnc(-c4cccs4)o3)cc2o1. The summed E-state index contributed by atoms with van der Waals surface area (Å²) in [6, 6.07) is 7.89. The van der Waals surface area contributed by atoms with Gasteiger partial charge in [0.2, 0.25) is 15.9 Å². The molecule has 26 heavy (non-hydrogen) atoms. The summed E-state index contributed by atoms with van der Waals surface area (Å²) in [7, 11) is -3.76. The molecule has 0 aliphatic rings. The van der Waals surface area contributed by atoms with Gasteiger partial charge in [-0.3, -0.25) is 4.98 Å². The average Bonchev–Trinajstić information content (AvgIpc) is 3.33. The zero-order valence-electron chi connectivity index (χ0n) is 13.1. The maximum absolute atomic E-state index is 12.4. The molecule has 1 aromatic carbocycles. The van der Waals surface area contributed by atoms with Crippen molar-refractivity contribution in [3.05, 3.63) is 52.2 Å². The normalized spacial score (nSPS) is 12.0. The van der Waals surface area contributed by atoms with Crippen molar-refractivity contribution < 1.29 is 17.3 Å². The van der Waals surface area contributed by atoms with E-state index in [4.69, 9.17) is 8.83 Å². The molecule has 0 amide bonds. The Morgan fingerprint density at radius 3 is 2.88 bits per heavy atom. The van der Waals surface area contributed by atoms with Crippen molar-refractivity contribution in [2.75, 3.05) is 6.54 Å². The highest BCUT2D eigenvalue weighted by Crippen LogP contribution is 2.23. The zero-order chi connectivity index (χ0) is 18.1. The number of thiophene rings is 1. The van der Waals surface area contributed by atoms with Gasteiger partial charge in [-0.25, -0.2) is 17.9 Å². The Morgan fingerprint density at radius 2 is 2.08 bits per heavy atom. The first-order chi connectivity index (χ1) is 12.5. The Balaban J connectivity index is 1.43. The molecular weight excluding hydrogens is 380 g/mol. The smallest absolute Gasteiger partial charge is 0.417 e. The van der Waals surface area contributed by atoms with Gasteiger partial charge in [0, 0.05) is 19.0 Å². The van der Waals surface area contributed by atoms with Gasteiger partial charge in [0.15, 0.2) is 5.58 Å². The van der Waals surface area contributed by atoms with Gasteiger partial charge in [0.1, 0.15) is 0 Å². The molecule has 11 heteroatoms. The molecule has 2 N–H and O–H groups in total. The molecule has 0 radical (unpaired) electrons. The Bertz CT molecular complexity index is 1200. The number of benzene rings is 1. The van der Waals surface area contributed by atoms with Gasteiger partial charge in [-0.05, 0) is 23.6 Å². The lowest BCUT2D eigenvalue weighted by Crippen LogP contribution is -2.26. The standard InChI is InChI=1S/C15H12N4O5S2/c20-15-17-10-4-3-9(8-11(10)23-15)26(21,22)16-6-5-13-18-19-14(24-13)12-2-1-7-25-12/h1-4,7-8,16H,5-6H2,(H,17,20). The molecule has 3 aromatic heterocycles. The van der Waals surface area contributed by atoms with E-state index in [-0.39, 0.29) is 23.4 Å². The second kappa shape index (κ2) is 6.52. The van der Waals surface area contributed by atoms with Crippen molar-refractivity contribution >= 4 is 32.5 Å². The number of hydrogen-bond donors (Lipinski definition) is 2. The van der Waals surface area contributed by atoms with Crippen LogP contribution in [0.5, 0.6) is 0 Å². The summed E-state index contributed by atoms with van der Waals surface area (Å²) in [5, 5.41) is 9.75. The summed E-state index contributed by atoms with van der Waals surface area (Å²) in [6.07, 6.45) is 0.249. The molecular formula is C15H12N4O5S2. The number of hydrogen-bond acceptors (Lipinski definition) is 8. The molecule has 0 saturated heterocycles. The Morgan fingerprint density at radius 1 is 1.19 bits per heavy atom. The van der Waals surface area contributed by atoms with Crippen LogP contribution in [0, 0.1) is 0 Å². The van der Waals surface area contributed by atoms with Gasteiger partial charge in [0.25, 0.3) is 5.89 Å². The van der Waals surface area contributed by atoms with Crippen molar-refractivity contribution in [2.24, 2.45) is 0 Å². The maximum atomic E-state index is 12.4. The minimum Gasteiger partial charge on any atom is -0.420 e. The van der Waals surface area contributed by atoms with Crippen LogP contribution in [-0.2, 0) is 16.4 Å². The number of aromatic amines is 1. The average molecular weight is 392 g/mol. The lowest BCUT2D eigenvalue weighted by molar-refractivity contribution is 0.502. The van der Waals surface area contributed by atoms with Gasteiger partial charge >= 0.3 is 5.76 Å². The molecule has 0 fully saturated rings. The van der Waals surface area contributed by atoms with Crippen LogP contribution in [0.2, 0.25) is 0 Å². The molecule has 0 spiro atoms. The van der Waals surface area contributed by atoms with Crippen molar-refractivity contribution in [1.82, 2.24) is 19.9 Å². The van der Waals surface area contributed by atoms with Crippen LogP contribution in [0.3, 0.4) is 0 Å². The molecule has 0 aliphatic carbocycles. The summed E-state index contributed by atoms with van der Waals surface area (Å²) in [4.78, 5) is 14.5. The number of oxazole rings is 1. The van der Waals surface area contributed by atoms with Crippen LogP contribution < -0.4 is 10.5 Å². The lowest BCUT2D eigenvalue weighted by Gasteiger charge is -2.05. The highest BCUT2D eigenvalue weighted by atomic mass is 32.2. The van der Waals surface area contributed by atoms with Gasteiger partial charge in [0.05, 0.1) is 15.3 Å². The summed E-state index contributed by atoms with van der Waals surface area (Å²) < 4.78 is 37.6. The summed E-state index contributed by atoms with van der Waals surface area (Å²) in [5.41, 5.74) is 0.608. The second-order valence-corrected chi connectivity index (χ2v) is 8.01. The summed E-state index contributed by atoms with van der Waals surface area (Å²) in [6.45, 7) is 0.0868. The number of fused-ring (bicyclic) bond motifs is 1. The van der Waals surface area contributed by atoms with E-state index in [0.717, 1.165) is 4.88 Å². The number of nitrogens with one attached hydrogen (secondary N) is 2. The van der Waals surface area contributed by atoms with Crippen molar-refractivity contribution in [2.45, 2.75) is 11.3 Å². The fraction of sp³-hybridized carbons (Fsp3) is 0.133. The van der Waals surface area contributed by atoms with Crippen LogP contribution >= 0.6 is 11.3 Å². The number of rotatable bonds is 6. The van der Waals surface area contributed by atoms with Crippen molar-refractivity contribution in [3.8, 4) is 10.8 Å². The molecule has 3 heterocycles. The fourth-order valence-electron chi connectivity index (χ4n) is 2.32. The third kappa shape index (κ3) is 3.31. The van der Waals surface area contributed by atoms with E-state index >= 15 is 0 Å². The van der Waals surface area contributed by atoms with Gasteiger partial charge in [-0.1, -0.05) is 6.07 Å². The van der Waals surface area contributed by atoms with E-state index in [9.17, 15) is 13.2 Å². The number of aromatic nitrogens is 3. The van der Waals surface area contributed by atoms with Crippen molar-refractivity contribution in [1.29, 1.82) is 0 Å². The third-order valence-electron chi connectivity index (χ3n) is 3.53.